The van der Waals surface area contributed by atoms with Crippen LogP contribution >= 0.6 is 0 Å². The first-order valence-electron chi connectivity index (χ1n) is 7.45. The molecule has 0 atom stereocenters. The second-order valence-corrected chi connectivity index (χ2v) is 5.03. The number of amides is 2. The Morgan fingerprint density at radius 2 is 1.83 bits per heavy atom. The molecule has 0 spiro atoms. The van der Waals surface area contributed by atoms with Gasteiger partial charge in [-0.3, -0.25) is 4.79 Å². The third-order valence-electron chi connectivity index (χ3n) is 3.25. The molecule has 0 aliphatic heterocycles. The number of hydrogen-bond donors (Lipinski definition) is 2. The normalized spacial score (nSPS) is 10.4. The average Bonchev–Trinajstić information content (AvgIpc) is 2.49. The maximum Gasteiger partial charge on any atom is 0.319 e. The summed E-state index contributed by atoms with van der Waals surface area (Å²) in [6.07, 6.45) is 0.142. The van der Waals surface area contributed by atoms with Gasteiger partial charge in [-0.1, -0.05) is 0 Å². The van der Waals surface area contributed by atoms with E-state index in [2.05, 4.69) is 20.6 Å². The molecule has 2 N–H and O–H groups in total. The van der Waals surface area contributed by atoms with Crippen LogP contribution in [0.2, 0.25) is 0 Å². The van der Waals surface area contributed by atoms with Gasteiger partial charge in [-0.15, -0.1) is 0 Å². The average molecular weight is 316 g/mol. The molecule has 0 radical (unpaired) electrons. The number of hydrogen-bond acceptors (Lipinski definition) is 5. The molecule has 23 heavy (non-hydrogen) atoms. The van der Waals surface area contributed by atoms with Gasteiger partial charge in [0.15, 0.2) is 0 Å². The lowest BCUT2D eigenvalue weighted by atomic mass is 10.2. The van der Waals surface area contributed by atoms with Crippen LogP contribution in [-0.2, 0) is 9.53 Å². The number of urea groups is 1. The Morgan fingerprint density at radius 3 is 2.52 bits per heavy atom. The molecule has 1 aromatic carbocycles. The summed E-state index contributed by atoms with van der Waals surface area (Å²) >= 11 is 0. The van der Waals surface area contributed by atoms with E-state index in [1.54, 1.807) is 19.1 Å². The Bertz CT molecular complexity index is 731. The van der Waals surface area contributed by atoms with Crippen LogP contribution in [-0.4, -0.2) is 35.1 Å². The Kier molecular flexibility index (Phi) is 5.46. The first kappa shape index (κ1) is 16.7. The second-order valence-electron chi connectivity index (χ2n) is 5.03. The third-order valence-corrected chi connectivity index (χ3v) is 3.25. The molecular formula is C16H20N4O3. The zero-order valence-electron chi connectivity index (χ0n) is 13.5. The minimum atomic E-state index is -0.384. The van der Waals surface area contributed by atoms with E-state index < -0.39 is 0 Å². The summed E-state index contributed by atoms with van der Waals surface area (Å²) in [5.41, 5.74) is 3.85. The van der Waals surface area contributed by atoms with E-state index in [1.165, 1.54) is 0 Å². The number of ether oxygens (including phenoxy) is 1. The summed E-state index contributed by atoms with van der Waals surface area (Å²) in [6, 6.07) is 4.95. The smallest absolute Gasteiger partial charge is 0.319 e. The van der Waals surface area contributed by atoms with Crippen molar-refractivity contribution in [3.05, 3.63) is 29.6 Å². The van der Waals surface area contributed by atoms with Gasteiger partial charge in [-0.2, -0.15) is 0 Å². The summed E-state index contributed by atoms with van der Waals surface area (Å²) in [5.74, 6) is -0.334. The molecule has 122 valence electrons. The maximum absolute atomic E-state index is 11.8. The quantitative estimate of drug-likeness (QED) is 0.826. The van der Waals surface area contributed by atoms with Gasteiger partial charge >= 0.3 is 12.0 Å². The lowest BCUT2D eigenvalue weighted by molar-refractivity contribution is -0.142. The van der Waals surface area contributed by atoms with Gasteiger partial charge in [0, 0.05) is 12.2 Å². The van der Waals surface area contributed by atoms with Crippen LogP contribution in [0.5, 0.6) is 0 Å². The molecule has 0 bridgehead atoms. The standard InChI is InChI=1S/C16H20N4O3/c1-4-23-15(21)7-8-17-16(22)20-12-5-6-13-14(9-12)19-11(3)10(2)18-13/h5-6,9H,4,7-8H2,1-3H3,(H2,17,20,22). The maximum atomic E-state index is 11.8. The summed E-state index contributed by atoms with van der Waals surface area (Å²) < 4.78 is 4.79. The van der Waals surface area contributed by atoms with Crippen molar-refractivity contribution in [2.75, 3.05) is 18.5 Å². The van der Waals surface area contributed by atoms with Gasteiger partial charge in [-0.05, 0) is 39.0 Å². The molecule has 7 nitrogen and oxygen atoms in total. The predicted molar refractivity (Wildman–Crippen MR) is 87.3 cm³/mol. The Hall–Kier alpha value is -2.70. The number of aromatic nitrogens is 2. The summed E-state index contributed by atoms with van der Waals surface area (Å²) in [6.45, 7) is 6.09. The highest BCUT2D eigenvalue weighted by atomic mass is 16.5. The third kappa shape index (κ3) is 4.64. The van der Waals surface area contributed by atoms with Crippen molar-refractivity contribution in [1.29, 1.82) is 0 Å². The van der Waals surface area contributed by atoms with E-state index in [4.69, 9.17) is 4.74 Å². The summed E-state index contributed by atoms with van der Waals surface area (Å²) in [5, 5.41) is 5.31. The lowest BCUT2D eigenvalue weighted by Crippen LogP contribution is -2.30. The molecule has 0 saturated heterocycles. The van der Waals surface area contributed by atoms with Crippen LogP contribution in [0, 0.1) is 13.8 Å². The molecule has 2 amide bonds. The van der Waals surface area contributed by atoms with Crippen LogP contribution in [0.15, 0.2) is 18.2 Å². The van der Waals surface area contributed by atoms with Crippen molar-refractivity contribution >= 4 is 28.7 Å². The highest BCUT2D eigenvalue weighted by Gasteiger charge is 2.07. The molecular weight excluding hydrogens is 296 g/mol. The number of esters is 1. The number of carbonyl (C=O) groups is 2. The van der Waals surface area contributed by atoms with Crippen molar-refractivity contribution in [1.82, 2.24) is 15.3 Å². The summed E-state index contributed by atoms with van der Waals surface area (Å²) in [7, 11) is 0. The van der Waals surface area contributed by atoms with Gasteiger partial charge in [0.25, 0.3) is 0 Å². The molecule has 1 aromatic heterocycles. The van der Waals surface area contributed by atoms with Crippen molar-refractivity contribution in [2.45, 2.75) is 27.2 Å². The van der Waals surface area contributed by atoms with Crippen molar-refractivity contribution < 1.29 is 14.3 Å². The number of nitrogens with one attached hydrogen (secondary N) is 2. The van der Waals surface area contributed by atoms with Gasteiger partial charge in [0.2, 0.25) is 0 Å². The van der Waals surface area contributed by atoms with Crippen LogP contribution in [0.1, 0.15) is 24.7 Å². The van der Waals surface area contributed by atoms with Crippen molar-refractivity contribution in [3.8, 4) is 0 Å². The van der Waals surface area contributed by atoms with Gasteiger partial charge in [-0.25, -0.2) is 14.8 Å². The predicted octanol–water partition coefficient (Wildman–Crippen LogP) is 2.32. The number of anilines is 1. The monoisotopic (exact) mass is 316 g/mol. The molecule has 0 unspecified atom stereocenters. The Balaban J connectivity index is 1.94. The fraction of sp³-hybridized carbons (Fsp3) is 0.375. The lowest BCUT2D eigenvalue weighted by Gasteiger charge is -2.09. The molecule has 7 heteroatoms. The summed E-state index contributed by atoms with van der Waals surface area (Å²) in [4.78, 5) is 31.9. The topological polar surface area (TPSA) is 93.2 Å². The van der Waals surface area contributed by atoms with E-state index in [9.17, 15) is 9.59 Å². The molecule has 0 aliphatic rings. The molecule has 0 fully saturated rings. The van der Waals surface area contributed by atoms with Crippen molar-refractivity contribution in [3.63, 3.8) is 0 Å². The van der Waals surface area contributed by atoms with E-state index in [1.807, 2.05) is 19.9 Å². The number of fused-ring (bicyclic) bond motifs is 1. The van der Waals surface area contributed by atoms with E-state index in [0.29, 0.717) is 12.3 Å². The van der Waals surface area contributed by atoms with E-state index in [0.717, 1.165) is 22.4 Å². The van der Waals surface area contributed by atoms with Gasteiger partial charge in [0.05, 0.1) is 35.4 Å². The first-order chi connectivity index (χ1) is 11.0. The van der Waals surface area contributed by atoms with Crippen molar-refractivity contribution in [2.24, 2.45) is 0 Å². The number of nitrogens with zero attached hydrogens (tertiary/aromatic N) is 2. The minimum Gasteiger partial charge on any atom is -0.466 e. The molecule has 2 rings (SSSR count). The fourth-order valence-electron chi connectivity index (χ4n) is 1.99. The fourth-order valence-corrected chi connectivity index (χ4v) is 1.99. The molecule has 2 aromatic rings. The zero-order valence-corrected chi connectivity index (χ0v) is 13.5. The van der Waals surface area contributed by atoms with Gasteiger partial charge in [0.1, 0.15) is 0 Å². The van der Waals surface area contributed by atoms with Crippen LogP contribution in [0.25, 0.3) is 11.0 Å². The van der Waals surface area contributed by atoms with E-state index >= 15 is 0 Å². The largest absolute Gasteiger partial charge is 0.466 e. The number of carbonyl (C=O) groups excluding carboxylic acids is 2. The highest BCUT2D eigenvalue weighted by molar-refractivity contribution is 5.92. The highest BCUT2D eigenvalue weighted by Crippen LogP contribution is 2.17. The first-order valence-corrected chi connectivity index (χ1v) is 7.45. The number of aryl methyl sites for hydroxylation is 2. The molecule has 0 aliphatic carbocycles. The van der Waals surface area contributed by atoms with E-state index in [-0.39, 0.29) is 25.0 Å². The zero-order chi connectivity index (χ0) is 16.8. The van der Waals surface area contributed by atoms with Crippen LogP contribution < -0.4 is 10.6 Å². The minimum absolute atomic E-state index is 0.142. The number of rotatable bonds is 5. The number of benzene rings is 1. The van der Waals surface area contributed by atoms with Gasteiger partial charge < -0.3 is 15.4 Å². The molecule has 1 heterocycles. The Labute approximate surface area is 134 Å². The second kappa shape index (κ2) is 7.53. The van der Waals surface area contributed by atoms with Crippen LogP contribution in [0.4, 0.5) is 10.5 Å². The Morgan fingerprint density at radius 1 is 1.13 bits per heavy atom. The molecule has 0 saturated carbocycles. The SMILES string of the molecule is CCOC(=O)CCNC(=O)Nc1ccc2nc(C)c(C)nc2c1. The van der Waals surface area contributed by atoms with Crippen LogP contribution in [0.3, 0.4) is 0 Å².